The van der Waals surface area contributed by atoms with Crippen LogP contribution in [-0.4, -0.2) is 48.8 Å². The number of benzene rings is 2. The zero-order chi connectivity index (χ0) is 30.8. The van der Waals surface area contributed by atoms with E-state index < -0.39 is 23.9 Å². The summed E-state index contributed by atoms with van der Waals surface area (Å²) in [5.74, 6) is -0.0163. The average Bonchev–Trinajstić information content (AvgIpc) is 2.93. The Balaban J connectivity index is 0.000000435. The van der Waals surface area contributed by atoms with Gasteiger partial charge in [-0.15, -0.1) is 0 Å². The van der Waals surface area contributed by atoms with Gasteiger partial charge in [0.15, 0.2) is 0 Å². The minimum Gasteiger partial charge on any atom is -0.449 e. The highest BCUT2D eigenvalue weighted by atomic mass is 16.6. The van der Waals surface area contributed by atoms with Crippen molar-refractivity contribution in [2.75, 3.05) is 13.2 Å². The number of carbonyl (C=O) groups excluding carboxylic acids is 3. The van der Waals surface area contributed by atoms with Crippen LogP contribution in [0.2, 0.25) is 0 Å². The Morgan fingerprint density at radius 2 is 1.15 bits per heavy atom. The van der Waals surface area contributed by atoms with E-state index in [1.165, 1.54) is 0 Å². The third kappa shape index (κ3) is 15.1. The number of carbonyl (C=O) groups is 3. The van der Waals surface area contributed by atoms with Gasteiger partial charge >= 0.3 is 18.3 Å². The number of nitrogens with one attached hydrogen (secondary N) is 5. The molecule has 3 amide bonds. The molecular weight excluding hydrogens is 528 g/mol. The summed E-state index contributed by atoms with van der Waals surface area (Å²) < 4.78 is 14.8. The highest BCUT2D eigenvalue weighted by Gasteiger charge is 2.15. The summed E-state index contributed by atoms with van der Waals surface area (Å²) in [7, 11) is 0. The van der Waals surface area contributed by atoms with E-state index in [9.17, 15) is 14.4 Å². The van der Waals surface area contributed by atoms with E-state index in [0.717, 1.165) is 24.0 Å². The molecule has 0 fully saturated rings. The summed E-state index contributed by atoms with van der Waals surface area (Å²) in [6.45, 7) is 10.6. The molecule has 0 aliphatic carbocycles. The third-order valence-electron chi connectivity index (χ3n) is 4.89. The van der Waals surface area contributed by atoms with Gasteiger partial charge in [0.2, 0.25) is 0 Å². The van der Waals surface area contributed by atoms with Gasteiger partial charge < -0.3 is 25.3 Å². The van der Waals surface area contributed by atoms with Crippen molar-refractivity contribution in [2.24, 2.45) is 5.73 Å². The molecule has 2 aromatic rings. The molecular formula is C29H42N6O6. The Morgan fingerprint density at radius 1 is 0.732 bits per heavy atom. The first-order chi connectivity index (χ1) is 19.4. The maximum Gasteiger partial charge on any atom is 0.412 e. The standard InChI is InChI=1S/C17H25N3O4.C12H17N3O2/c1-5-10-23-16(22)20-14(18)13-8-6-12(7-9-13)11-19-15(21)24-17(2,3)4;1-2-7-17-12(16)15-11(14)10-5-3-9(8-13)4-6-10/h6-9H,5,10-11H2,1-4H3,(H,19,21)(H2,18,20,22);3-6H,2,7-8,13H2,1H3,(H2,14,15,16). The Morgan fingerprint density at radius 3 is 1.51 bits per heavy atom. The van der Waals surface area contributed by atoms with Crippen LogP contribution in [0.1, 0.15) is 69.7 Å². The molecule has 12 heteroatoms. The lowest BCUT2D eigenvalue weighted by Crippen LogP contribution is -2.32. The maximum absolute atomic E-state index is 11.6. The molecule has 0 aliphatic heterocycles. The van der Waals surface area contributed by atoms with E-state index in [0.29, 0.717) is 37.4 Å². The number of rotatable bonds is 9. The number of nitrogens with two attached hydrogens (primary N) is 1. The highest BCUT2D eigenvalue weighted by molar-refractivity contribution is 6.05. The quantitative estimate of drug-likeness (QED) is 0.142. The number of amides is 3. The maximum atomic E-state index is 11.6. The van der Waals surface area contributed by atoms with Crippen molar-refractivity contribution in [3.05, 3.63) is 70.8 Å². The summed E-state index contributed by atoms with van der Waals surface area (Å²) >= 11 is 0. The smallest absolute Gasteiger partial charge is 0.412 e. The van der Waals surface area contributed by atoms with Gasteiger partial charge in [0.05, 0.1) is 13.2 Å². The van der Waals surface area contributed by atoms with Crippen LogP contribution < -0.4 is 21.7 Å². The zero-order valence-corrected chi connectivity index (χ0v) is 24.4. The molecule has 0 radical (unpaired) electrons. The molecule has 0 saturated carbocycles. The number of amidine groups is 2. The lowest BCUT2D eigenvalue weighted by molar-refractivity contribution is 0.0523. The van der Waals surface area contributed by atoms with Crippen molar-refractivity contribution in [3.63, 3.8) is 0 Å². The molecule has 2 aromatic carbocycles. The first kappa shape index (κ1) is 34.6. The van der Waals surface area contributed by atoms with E-state index in [-0.39, 0.29) is 11.7 Å². The first-order valence-corrected chi connectivity index (χ1v) is 13.3. The van der Waals surface area contributed by atoms with Crippen molar-refractivity contribution in [3.8, 4) is 0 Å². The molecule has 12 nitrogen and oxygen atoms in total. The number of ether oxygens (including phenoxy) is 3. The van der Waals surface area contributed by atoms with Crippen LogP contribution in [0.15, 0.2) is 48.5 Å². The van der Waals surface area contributed by atoms with Gasteiger partial charge in [0.25, 0.3) is 0 Å². The number of hydrogen-bond donors (Lipinski definition) is 6. The molecule has 41 heavy (non-hydrogen) atoms. The van der Waals surface area contributed by atoms with Crippen molar-refractivity contribution >= 4 is 30.0 Å². The minimum atomic E-state index is -0.641. The van der Waals surface area contributed by atoms with Crippen LogP contribution in [0.25, 0.3) is 0 Å². The molecule has 0 unspecified atom stereocenters. The van der Waals surface area contributed by atoms with Crippen LogP contribution in [0.4, 0.5) is 14.4 Å². The first-order valence-electron chi connectivity index (χ1n) is 13.3. The lowest BCUT2D eigenvalue weighted by atomic mass is 10.1. The molecule has 0 aromatic heterocycles. The van der Waals surface area contributed by atoms with Crippen molar-refractivity contribution < 1.29 is 28.6 Å². The largest absolute Gasteiger partial charge is 0.449 e. The van der Waals surface area contributed by atoms with Gasteiger partial charge in [-0.2, -0.15) is 0 Å². The average molecular weight is 571 g/mol. The van der Waals surface area contributed by atoms with Gasteiger partial charge in [0, 0.05) is 24.2 Å². The lowest BCUT2D eigenvalue weighted by Gasteiger charge is -2.19. The van der Waals surface area contributed by atoms with E-state index in [2.05, 4.69) is 16.0 Å². The molecule has 2 rings (SSSR count). The fourth-order valence-electron chi connectivity index (χ4n) is 2.90. The molecule has 0 atom stereocenters. The van der Waals surface area contributed by atoms with Crippen LogP contribution in [0.3, 0.4) is 0 Å². The second-order valence-electron chi connectivity index (χ2n) is 9.73. The number of alkyl carbamates (subject to hydrolysis) is 3. The molecule has 0 heterocycles. The fourth-order valence-corrected chi connectivity index (χ4v) is 2.90. The van der Waals surface area contributed by atoms with Gasteiger partial charge in [-0.25, -0.2) is 14.4 Å². The summed E-state index contributed by atoms with van der Waals surface area (Å²) in [6, 6.07) is 14.0. The summed E-state index contributed by atoms with van der Waals surface area (Å²) in [5.41, 5.74) is 7.93. The Bertz CT molecular complexity index is 1140. The second-order valence-corrected chi connectivity index (χ2v) is 9.73. The van der Waals surface area contributed by atoms with Crippen LogP contribution in [-0.2, 0) is 27.3 Å². The molecule has 7 N–H and O–H groups in total. The minimum absolute atomic E-state index is 0.0228. The topological polar surface area (TPSA) is 189 Å². The van der Waals surface area contributed by atoms with Crippen LogP contribution >= 0.6 is 0 Å². The van der Waals surface area contributed by atoms with Gasteiger partial charge in [-0.1, -0.05) is 62.4 Å². The van der Waals surface area contributed by atoms with E-state index >= 15 is 0 Å². The fraction of sp³-hybridized carbons (Fsp3) is 0.414. The molecule has 0 bridgehead atoms. The Labute approximate surface area is 241 Å². The second kappa shape index (κ2) is 18.0. The van der Waals surface area contributed by atoms with Crippen molar-refractivity contribution in [1.82, 2.24) is 16.0 Å². The van der Waals surface area contributed by atoms with Crippen molar-refractivity contribution in [1.29, 1.82) is 10.8 Å². The summed E-state index contributed by atoms with van der Waals surface area (Å²) in [5, 5.41) is 22.9. The Hall–Kier alpha value is -4.45. The molecule has 0 spiro atoms. The van der Waals surface area contributed by atoms with Gasteiger partial charge in [-0.05, 0) is 44.7 Å². The third-order valence-corrected chi connectivity index (χ3v) is 4.89. The zero-order valence-electron chi connectivity index (χ0n) is 24.4. The molecule has 0 saturated heterocycles. The normalized spacial score (nSPS) is 10.3. The van der Waals surface area contributed by atoms with Gasteiger partial charge in [-0.3, -0.25) is 21.5 Å². The van der Waals surface area contributed by atoms with E-state index in [1.807, 2.05) is 26.0 Å². The Kier molecular flexibility index (Phi) is 15.2. The SMILES string of the molecule is CCCOC(=O)NC(=N)c1ccc(CN)cc1.CCCOC(=O)NC(=N)c1ccc(CNC(=O)OC(C)(C)C)cc1. The van der Waals surface area contributed by atoms with Gasteiger partial charge in [0.1, 0.15) is 17.3 Å². The number of hydrogen-bond acceptors (Lipinski definition) is 9. The van der Waals surface area contributed by atoms with Crippen LogP contribution in [0, 0.1) is 10.8 Å². The van der Waals surface area contributed by atoms with E-state index in [1.54, 1.807) is 57.2 Å². The predicted molar refractivity (Wildman–Crippen MR) is 157 cm³/mol. The monoisotopic (exact) mass is 570 g/mol. The van der Waals surface area contributed by atoms with Crippen LogP contribution in [0.5, 0.6) is 0 Å². The summed E-state index contributed by atoms with van der Waals surface area (Å²) in [4.78, 5) is 34.2. The van der Waals surface area contributed by atoms with Crippen molar-refractivity contribution in [2.45, 2.75) is 66.2 Å². The predicted octanol–water partition coefficient (Wildman–Crippen LogP) is 4.78. The molecule has 224 valence electrons. The molecule has 0 aliphatic rings. The highest BCUT2D eigenvalue weighted by Crippen LogP contribution is 2.08. The van der Waals surface area contributed by atoms with E-state index in [4.69, 9.17) is 30.8 Å². The summed E-state index contributed by atoms with van der Waals surface area (Å²) in [6.07, 6.45) is -0.247.